The molecule has 0 radical (unpaired) electrons. The van der Waals surface area contributed by atoms with E-state index < -0.39 is 10.0 Å². The van der Waals surface area contributed by atoms with Crippen LogP contribution in [-0.4, -0.2) is 46.4 Å². The first-order chi connectivity index (χ1) is 12.3. The molecule has 0 saturated heterocycles. The molecule has 0 unspecified atom stereocenters. The van der Waals surface area contributed by atoms with Crippen molar-refractivity contribution in [3.8, 4) is 6.07 Å². The summed E-state index contributed by atoms with van der Waals surface area (Å²) in [5.41, 5.74) is 1.25. The number of carbonyl (C=O) groups is 1. The van der Waals surface area contributed by atoms with Crippen LogP contribution in [0.1, 0.15) is 15.9 Å². The maximum Gasteiger partial charge on any atom is 0.255 e. The Hall–Kier alpha value is -2.73. The zero-order chi connectivity index (χ0) is 19.2. The van der Waals surface area contributed by atoms with Crippen LogP contribution in [0.4, 0.5) is 5.69 Å². The highest BCUT2D eigenvalue weighted by atomic mass is 32.2. The minimum Gasteiger partial charge on any atom is -0.322 e. The summed E-state index contributed by atoms with van der Waals surface area (Å²) < 4.78 is 26.9. The second kappa shape index (κ2) is 8.58. The summed E-state index contributed by atoms with van der Waals surface area (Å²) in [6.07, 6.45) is 0. The van der Waals surface area contributed by atoms with E-state index in [0.717, 1.165) is 0 Å². The molecule has 2 rings (SSSR count). The van der Waals surface area contributed by atoms with Gasteiger partial charge in [0.1, 0.15) is 0 Å². The van der Waals surface area contributed by atoms with Gasteiger partial charge in [0, 0.05) is 24.3 Å². The van der Waals surface area contributed by atoms with Crippen molar-refractivity contribution in [2.45, 2.75) is 4.90 Å². The molecule has 136 valence electrons. The third kappa shape index (κ3) is 5.39. The van der Waals surface area contributed by atoms with E-state index in [-0.39, 0.29) is 10.8 Å². The molecule has 1 amide bonds. The van der Waals surface area contributed by atoms with Crippen LogP contribution in [0.25, 0.3) is 0 Å². The van der Waals surface area contributed by atoms with Crippen molar-refractivity contribution in [2.24, 2.45) is 0 Å². The molecule has 0 bridgehead atoms. The lowest BCUT2D eigenvalue weighted by Crippen LogP contribution is -2.31. The number of nitrogens with one attached hydrogen (secondary N) is 2. The van der Waals surface area contributed by atoms with Gasteiger partial charge in [0.05, 0.1) is 16.5 Å². The van der Waals surface area contributed by atoms with Gasteiger partial charge in [-0.2, -0.15) is 5.26 Å². The smallest absolute Gasteiger partial charge is 0.255 e. The molecule has 0 aliphatic rings. The molecule has 0 spiro atoms. The summed E-state index contributed by atoms with van der Waals surface area (Å²) >= 11 is 0. The fourth-order valence-corrected chi connectivity index (χ4v) is 3.16. The summed E-state index contributed by atoms with van der Waals surface area (Å²) in [5.74, 6) is -0.385. The molecule has 0 fully saturated rings. The minimum absolute atomic E-state index is 0.0966. The number of nitrogens with zero attached hydrogens (tertiary/aromatic N) is 2. The second-order valence-electron chi connectivity index (χ2n) is 5.87. The third-order valence-corrected chi connectivity index (χ3v) is 5.00. The van der Waals surface area contributed by atoms with Gasteiger partial charge in [0.25, 0.3) is 5.91 Å². The highest BCUT2D eigenvalue weighted by molar-refractivity contribution is 7.89. The summed E-state index contributed by atoms with van der Waals surface area (Å²) in [5, 5.41) is 11.6. The predicted octanol–water partition coefficient (Wildman–Crippen LogP) is 1.65. The van der Waals surface area contributed by atoms with Gasteiger partial charge in [-0.3, -0.25) is 4.79 Å². The Morgan fingerprint density at radius 3 is 2.46 bits per heavy atom. The maximum atomic E-state index is 12.3. The first-order valence-corrected chi connectivity index (χ1v) is 9.36. The van der Waals surface area contributed by atoms with Gasteiger partial charge in [-0.25, -0.2) is 13.1 Å². The molecule has 7 nitrogen and oxygen atoms in total. The Morgan fingerprint density at radius 1 is 1.15 bits per heavy atom. The van der Waals surface area contributed by atoms with E-state index in [1.54, 1.807) is 24.3 Å². The molecule has 2 aromatic rings. The van der Waals surface area contributed by atoms with Crippen LogP contribution in [0.2, 0.25) is 0 Å². The molecule has 2 aromatic carbocycles. The van der Waals surface area contributed by atoms with Crippen LogP contribution in [0, 0.1) is 11.3 Å². The lowest BCUT2D eigenvalue weighted by atomic mass is 10.2. The fraction of sp³-hybridized carbons (Fsp3) is 0.222. The molecule has 0 aliphatic heterocycles. The molecule has 26 heavy (non-hydrogen) atoms. The van der Waals surface area contributed by atoms with Crippen molar-refractivity contribution < 1.29 is 13.2 Å². The van der Waals surface area contributed by atoms with Crippen LogP contribution in [0.15, 0.2) is 53.4 Å². The van der Waals surface area contributed by atoms with E-state index in [1.165, 1.54) is 24.3 Å². The van der Waals surface area contributed by atoms with E-state index in [2.05, 4.69) is 10.0 Å². The van der Waals surface area contributed by atoms with Crippen LogP contribution >= 0.6 is 0 Å². The number of sulfonamides is 1. The van der Waals surface area contributed by atoms with E-state index in [1.807, 2.05) is 25.1 Å². The lowest BCUT2D eigenvalue weighted by molar-refractivity contribution is 0.102. The number of anilines is 1. The minimum atomic E-state index is -3.61. The Bertz CT molecular complexity index is 916. The number of amides is 1. The van der Waals surface area contributed by atoms with Crippen LogP contribution < -0.4 is 10.0 Å². The zero-order valence-corrected chi connectivity index (χ0v) is 15.4. The number of likely N-dealkylation sites (N-methyl/N-ethyl adjacent to an activating group) is 1. The zero-order valence-electron chi connectivity index (χ0n) is 14.6. The number of nitriles is 1. The van der Waals surface area contributed by atoms with Gasteiger partial charge in [-0.05, 0) is 56.6 Å². The fourth-order valence-electron chi connectivity index (χ4n) is 2.14. The Labute approximate surface area is 153 Å². The summed E-state index contributed by atoms with van der Waals surface area (Å²) in [6, 6.07) is 14.2. The lowest BCUT2D eigenvalue weighted by Gasteiger charge is -2.11. The third-order valence-electron chi connectivity index (χ3n) is 3.53. The molecule has 0 atom stereocenters. The quantitative estimate of drug-likeness (QED) is 0.769. The molecule has 0 saturated carbocycles. The number of rotatable bonds is 7. The number of hydrogen-bond acceptors (Lipinski definition) is 5. The largest absolute Gasteiger partial charge is 0.322 e. The highest BCUT2D eigenvalue weighted by Gasteiger charge is 2.14. The van der Waals surface area contributed by atoms with Gasteiger partial charge in [-0.1, -0.05) is 6.07 Å². The van der Waals surface area contributed by atoms with Crippen molar-refractivity contribution in [2.75, 3.05) is 32.5 Å². The van der Waals surface area contributed by atoms with Gasteiger partial charge in [-0.15, -0.1) is 0 Å². The summed E-state index contributed by atoms with van der Waals surface area (Å²) in [4.78, 5) is 14.2. The first-order valence-electron chi connectivity index (χ1n) is 7.88. The molecule has 2 N–H and O–H groups in total. The SMILES string of the molecule is CN(C)CCNS(=O)(=O)c1ccc(C(=O)Nc2cccc(C#N)c2)cc1. The Morgan fingerprint density at radius 2 is 1.85 bits per heavy atom. The van der Waals surface area contributed by atoms with E-state index >= 15 is 0 Å². The van der Waals surface area contributed by atoms with Crippen molar-refractivity contribution in [1.82, 2.24) is 9.62 Å². The second-order valence-corrected chi connectivity index (χ2v) is 7.64. The van der Waals surface area contributed by atoms with E-state index in [9.17, 15) is 13.2 Å². The van der Waals surface area contributed by atoms with Gasteiger partial charge >= 0.3 is 0 Å². The Balaban J connectivity index is 2.06. The average Bonchev–Trinajstić information content (AvgIpc) is 2.61. The monoisotopic (exact) mass is 372 g/mol. The number of benzene rings is 2. The summed E-state index contributed by atoms with van der Waals surface area (Å²) in [7, 11) is 0.0996. The Kier molecular flexibility index (Phi) is 6.46. The predicted molar refractivity (Wildman–Crippen MR) is 99.3 cm³/mol. The molecular formula is C18H20N4O3S. The van der Waals surface area contributed by atoms with Crippen molar-refractivity contribution in [1.29, 1.82) is 5.26 Å². The van der Waals surface area contributed by atoms with E-state index in [4.69, 9.17) is 5.26 Å². The number of carbonyl (C=O) groups excluding carboxylic acids is 1. The molecule has 8 heteroatoms. The topological polar surface area (TPSA) is 102 Å². The van der Waals surface area contributed by atoms with Gasteiger partial charge in [0.15, 0.2) is 0 Å². The van der Waals surface area contributed by atoms with Gasteiger partial charge < -0.3 is 10.2 Å². The highest BCUT2D eigenvalue weighted by Crippen LogP contribution is 2.14. The van der Waals surface area contributed by atoms with Crippen molar-refractivity contribution in [3.05, 3.63) is 59.7 Å². The van der Waals surface area contributed by atoms with Crippen LogP contribution in [0.5, 0.6) is 0 Å². The molecular weight excluding hydrogens is 352 g/mol. The standard InChI is InChI=1S/C18H20N4O3S/c1-22(2)11-10-20-26(24,25)17-8-6-15(7-9-17)18(23)21-16-5-3-4-14(12-16)13-19/h3-9,12,20H,10-11H2,1-2H3,(H,21,23). The maximum absolute atomic E-state index is 12.3. The molecule has 0 aromatic heterocycles. The molecule has 0 aliphatic carbocycles. The normalized spacial score (nSPS) is 11.2. The van der Waals surface area contributed by atoms with Crippen LogP contribution in [-0.2, 0) is 10.0 Å². The molecule has 0 heterocycles. The average molecular weight is 372 g/mol. The van der Waals surface area contributed by atoms with Crippen molar-refractivity contribution in [3.63, 3.8) is 0 Å². The van der Waals surface area contributed by atoms with Gasteiger partial charge in [0.2, 0.25) is 10.0 Å². The van der Waals surface area contributed by atoms with Crippen LogP contribution in [0.3, 0.4) is 0 Å². The van der Waals surface area contributed by atoms with E-state index in [0.29, 0.717) is 29.9 Å². The summed E-state index contributed by atoms with van der Waals surface area (Å²) in [6.45, 7) is 0.883. The van der Waals surface area contributed by atoms with Crippen molar-refractivity contribution >= 4 is 21.6 Å². The number of hydrogen-bond donors (Lipinski definition) is 2. The first kappa shape index (κ1) is 19.6.